The Labute approximate surface area is 140 Å². The Balaban J connectivity index is 2.01. The van der Waals surface area contributed by atoms with Crippen LogP contribution in [0.5, 0.6) is 0 Å². The van der Waals surface area contributed by atoms with Crippen molar-refractivity contribution in [2.45, 2.75) is 71.9 Å². The van der Waals surface area contributed by atoms with Crippen LogP contribution in [0.3, 0.4) is 0 Å². The Morgan fingerprint density at radius 2 is 1.87 bits per heavy atom. The van der Waals surface area contributed by atoms with Crippen LogP contribution < -0.4 is 5.32 Å². The van der Waals surface area contributed by atoms with E-state index in [1.54, 1.807) is 4.90 Å². The van der Waals surface area contributed by atoms with Crippen LogP contribution in [0.2, 0.25) is 0 Å². The van der Waals surface area contributed by atoms with Crippen molar-refractivity contribution in [3.05, 3.63) is 0 Å². The van der Waals surface area contributed by atoms with Crippen LogP contribution in [0, 0.1) is 5.41 Å². The highest BCUT2D eigenvalue weighted by atomic mass is 16.2. The van der Waals surface area contributed by atoms with Crippen molar-refractivity contribution in [2.24, 2.45) is 5.41 Å². The summed E-state index contributed by atoms with van der Waals surface area (Å²) >= 11 is 0. The molecule has 2 fully saturated rings. The van der Waals surface area contributed by atoms with Crippen molar-refractivity contribution >= 4 is 11.8 Å². The van der Waals surface area contributed by atoms with Crippen LogP contribution in [-0.4, -0.2) is 59.9 Å². The minimum atomic E-state index is -0.401. The molecule has 0 aromatic heterocycles. The third kappa shape index (κ3) is 3.39. The second-order valence-electron chi connectivity index (χ2n) is 7.24. The zero-order valence-corrected chi connectivity index (χ0v) is 15.2. The molecule has 2 amide bonds. The minimum absolute atomic E-state index is 0.0485. The quantitative estimate of drug-likeness (QED) is 0.729. The van der Waals surface area contributed by atoms with Gasteiger partial charge in [0.05, 0.1) is 5.41 Å². The van der Waals surface area contributed by atoms with E-state index in [-0.39, 0.29) is 23.9 Å². The van der Waals surface area contributed by atoms with E-state index in [0.717, 1.165) is 45.3 Å². The average molecular weight is 323 g/mol. The first-order valence-corrected chi connectivity index (χ1v) is 9.30. The maximum atomic E-state index is 12.8. The molecule has 1 aliphatic heterocycles. The maximum absolute atomic E-state index is 12.8. The number of nitrogens with zero attached hydrogens (tertiary/aromatic N) is 2. The third-order valence-electron chi connectivity index (χ3n) is 5.63. The van der Waals surface area contributed by atoms with Gasteiger partial charge in [-0.1, -0.05) is 33.1 Å². The van der Waals surface area contributed by atoms with Gasteiger partial charge in [0.1, 0.15) is 6.04 Å². The number of carbonyl (C=O) groups is 2. The SMILES string of the molecule is CCN(CC)CCNC(=O)C1N(C(C)C)C(=O)C12CCCCC2. The Hall–Kier alpha value is -1.10. The molecule has 5 heteroatoms. The van der Waals surface area contributed by atoms with Gasteiger partial charge in [0.15, 0.2) is 0 Å². The monoisotopic (exact) mass is 323 g/mol. The normalized spacial score (nSPS) is 23.5. The summed E-state index contributed by atoms with van der Waals surface area (Å²) in [6, 6.07) is -0.166. The lowest BCUT2D eigenvalue weighted by atomic mass is 9.61. The Morgan fingerprint density at radius 3 is 2.39 bits per heavy atom. The molecule has 0 radical (unpaired) electrons. The predicted molar refractivity (Wildman–Crippen MR) is 92.1 cm³/mol. The van der Waals surface area contributed by atoms with Gasteiger partial charge in [-0.25, -0.2) is 0 Å². The number of rotatable bonds is 7. The van der Waals surface area contributed by atoms with Crippen molar-refractivity contribution in [1.82, 2.24) is 15.1 Å². The van der Waals surface area contributed by atoms with Gasteiger partial charge in [-0.3, -0.25) is 9.59 Å². The molecule has 1 aliphatic carbocycles. The second-order valence-corrected chi connectivity index (χ2v) is 7.24. The number of hydrogen-bond donors (Lipinski definition) is 1. The van der Waals surface area contributed by atoms with Crippen LogP contribution in [0.15, 0.2) is 0 Å². The molecule has 1 atom stereocenters. The smallest absolute Gasteiger partial charge is 0.243 e. The van der Waals surface area contributed by atoms with Gasteiger partial charge >= 0.3 is 0 Å². The summed E-state index contributed by atoms with van der Waals surface area (Å²) in [5.41, 5.74) is -0.401. The summed E-state index contributed by atoms with van der Waals surface area (Å²) in [7, 11) is 0. The molecule has 23 heavy (non-hydrogen) atoms. The number of nitrogens with one attached hydrogen (secondary N) is 1. The molecule has 0 bridgehead atoms. The van der Waals surface area contributed by atoms with E-state index in [2.05, 4.69) is 24.1 Å². The summed E-state index contributed by atoms with van der Waals surface area (Å²) < 4.78 is 0. The third-order valence-corrected chi connectivity index (χ3v) is 5.63. The lowest BCUT2D eigenvalue weighted by Gasteiger charge is -2.58. The Kier molecular flexibility index (Phi) is 6.06. The number of β-lactam (4-membered cyclic amide) rings is 1. The highest BCUT2D eigenvalue weighted by molar-refractivity contribution is 6.02. The van der Waals surface area contributed by atoms with E-state index in [4.69, 9.17) is 0 Å². The molecule has 2 rings (SSSR count). The summed E-state index contributed by atoms with van der Waals surface area (Å²) in [6.07, 6.45) is 5.08. The number of hydrogen-bond acceptors (Lipinski definition) is 3. The van der Waals surface area contributed by atoms with Gasteiger partial charge < -0.3 is 15.1 Å². The molecule has 0 aromatic carbocycles. The standard InChI is InChI=1S/C18H33N3O2/c1-5-20(6-2)13-12-19-16(22)15-18(10-8-7-9-11-18)17(23)21(15)14(3)4/h14-15H,5-13H2,1-4H3,(H,19,22). The topological polar surface area (TPSA) is 52.7 Å². The molecule has 132 valence electrons. The fourth-order valence-electron chi connectivity index (χ4n) is 4.25. The summed E-state index contributed by atoms with van der Waals surface area (Å²) in [5.74, 6) is 0.253. The molecule has 1 saturated carbocycles. The predicted octanol–water partition coefficient (Wildman–Crippen LogP) is 2.01. The fourth-order valence-corrected chi connectivity index (χ4v) is 4.25. The number of likely N-dealkylation sites (tertiary alicyclic amines) is 1. The number of likely N-dealkylation sites (N-methyl/N-ethyl adjacent to an activating group) is 1. The van der Waals surface area contributed by atoms with Gasteiger partial charge in [0, 0.05) is 19.1 Å². The maximum Gasteiger partial charge on any atom is 0.243 e. The van der Waals surface area contributed by atoms with Crippen LogP contribution in [-0.2, 0) is 9.59 Å². The zero-order valence-electron chi connectivity index (χ0n) is 15.2. The molecule has 1 spiro atoms. The molecule has 2 aliphatic rings. The number of amides is 2. The fraction of sp³-hybridized carbons (Fsp3) is 0.889. The highest BCUT2D eigenvalue weighted by Crippen LogP contribution is 2.50. The van der Waals surface area contributed by atoms with E-state index >= 15 is 0 Å². The van der Waals surface area contributed by atoms with Gasteiger partial charge in [-0.2, -0.15) is 0 Å². The Morgan fingerprint density at radius 1 is 1.26 bits per heavy atom. The van der Waals surface area contributed by atoms with Crippen molar-refractivity contribution in [1.29, 1.82) is 0 Å². The molecular formula is C18H33N3O2. The molecule has 1 unspecified atom stereocenters. The van der Waals surface area contributed by atoms with Crippen molar-refractivity contribution in [2.75, 3.05) is 26.2 Å². The van der Waals surface area contributed by atoms with E-state index in [1.807, 2.05) is 13.8 Å². The van der Waals surface area contributed by atoms with Crippen LogP contribution >= 0.6 is 0 Å². The van der Waals surface area contributed by atoms with Crippen LogP contribution in [0.25, 0.3) is 0 Å². The average Bonchev–Trinajstić information content (AvgIpc) is 2.56. The lowest BCUT2D eigenvalue weighted by Crippen LogP contribution is -2.75. The molecule has 1 heterocycles. The second kappa shape index (κ2) is 7.65. The molecule has 1 saturated heterocycles. The van der Waals surface area contributed by atoms with Gasteiger partial charge in [-0.15, -0.1) is 0 Å². The molecule has 0 aromatic rings. The van der Waals surface area contributed by atoms with Crippen molar-refractivity contribution in [3.8, 4) is 0 Å². The Bertz CT molecular complexity index is 426. The molecule has 5 nitrogen and oxygen atoms in total. The molecular weight excluding hydrogens is 290 g/mol. The van der Waals surface area contributed by atoms with Gasteiger partial charge in [0.25, 0.3) is 0 Å². The largest absolute Gasteiger partial charge is 0.353 e. The molecule has 1 N–H and O–H groups in total. The summed E-state index contributed by atoms with van der Waals surface area (Å²) in [6.45, 7) is 11.8. The zero-order chi connectivity index (χ0) is 17.0. The first-order valence-electron chi connectivity index (χ1n) is 9.30. The van der Waals surface area contributed by atoms with Gasteiger partial charge in [-0.05, 0) is 39.8 Å². The van der Waals surface area contributed by atoms with Crippen molar-refractivity contribution < 1.29 is 9.59 Å². The van der Waals surface area contributed by atoms with E-state index < -0.39 is 5.41 Å². The van der Waals surface area contributed by atoms with E-state index in [0.29, 0.717) is 6.54 Å². The summed E-state index contributed by atoms with van der Waals surface area (Å²) in [5, 5.41) is 3.09. The van der Waals surface area contributed by atoms with E-state index in [9.17, 15) is 9.59 Å². The highest BCUT2D eigenvalue weighted by Gasteiger charge is 2.63. The van der Waals surface area contributed by atoms with Crippen molar-refractivity contribution in [3.63, 3.8) is 0 Å². The van der Waals surface area contributed by atoms with Gasteiger partial charge in [0.2, 0.25) is 11.8 Å². The minimum Gasteiger partial charge on any atom is -0.353 e. The van der Waals surface area contributed by atoms with Crippen LogP contribution in [0.4, 0.5) is 0 Å². The van der Waals surface area contributed by atoms with Crippen LogP contribution in [0.1, 0.15) is 59.8 Å². The lowest BCUT2D eigenvalue weighted by molar-refractivity contribution is -0.185. The number of carbonyl (C=O) groups excluding carboxylic acids is 2. The van der Waals surface area contributed by atoms with E-state index in [1.165, 1.54) is 6.42 Å². The summed E-state index contributed by atoms with van der Waals surface area (Å²) in [4.78, 5) is 29.6. The first kappa shape index (κ1) is 18.2. The first-order chi connectivity index (χ1) is 11.0.